The van der Waals surface area contributed by atoms with E-state index in [4.69, 9.17) is 0 Å². The number of allylic oxidation sites excluding steroid dienone is 1. The Morgan fingerprint density at radius 1 is 0.921 bits per heavy atom. The van der Waals surface area contributed by atoms with Gasteiger partial charge >= 0.3 is 0 Å². The Labute approximate surface area is 225 Å². The fraction of sp³-hybridized carbons (Fsp3) is 0.229. The van der Waals surface area contributed by atoms with Crippen LogP contribution in [-0.4, -0.2) is 10.9 Å². The summed E-state index contributed by atoms with van der Waals surface area (Å²) in [5.74, 6) is 0.929. The van der Waals surface area contributed by atoms with Crippen molar-refractivity contribution in [3.63, 3.8) is 0 Å². The molecule has 0 spiro atoms. The molecule has 1 aliphatic heterocycles. The number of carbonyl (C=O) groups is 1. The lowest BCUT2D eigenvalue weighted by Gasteiger charge is -2.16. The zero-order valence-corrected chi connectivity index (χ0v) is 22.2. The van der Waals surface area contributed by atoms with Gasteiger partial charge in [0, 0.05) is 28.9 Å². The van der Waals surface area contributed by atoms with Crippen molar-refractivity contribution in [3.8, 4) is 5.75 Å². The monoisotopic (exact) mass is 501 g/mol. The highest BCUT2D eigenvalue weighted by Gasteiger charge is 2.16. The van der Waals surface area contributed by atoms with Crippen molar-refractivity contribution >= 4 is 22.7 Å². The number of aryl methyl sites for hydroxylation is 2. The summed E-state index contributed by atoms with van der Waals surface area (Å²) in [6.07, 6.45) is 6.40. The third-order valence-electron chi connectivity index (χ3n) is 7.42. The Hall–Kier alpha value is -4.11. The lowest BCUT2D eigenvalue weighted by Crippen LogP contribution is -2.07. The number of anilines is 2. The van der Waals surface area contributed by atoms with Crippen LogP contribution >= 0.6 is 0 Å². The maximum atomic E-state index is 13.2. The molecule has 0 saturated heterocycles. The molecule has 0 aromatic heterocycles. The average Bonchev–Trinajstić information content (AvgIpc) is 3.00. The van der Waals surface area contributed by atoms with Gasteiger partial charge in [-0.15, -0.1) is 0 Å². The number of benzene rings is 4. The number of carbonyl (C=O) groups excluding carboxylic acids is 1. The standard InChI is InChI=1S/C35H35NO2/c1-24-10-13-26(14-11-24)22-25(2)12-21-35(38)29-17-20-33-28(23-29)6-5-8-31(27-15-18-30(37)19-16-27)32-7-3-4-9-34(32)36-33/h3-4,7-11,13-20,23,25,36-37H,5-6,12,21-22H2,1-2H3/b31-8+. The summed E-state index contributed by atoms with van der Waals surface area (Å²) in [5, 5.41) is 13.4. The lowest BCUT2D eigenvalue weighted by molar-refractivity contribution is 0.0974. The normalized spacial score (nSPS) is 14.9. The van der Waals surface area contributed by atoms with Crippen LogP contribution < -0.4 is 5.32 Å². The molecule has 0 fully saturated rings. The molecule has 3 nitrogen and oxygen atoms in total. The number of nitrogens with one attached hydrogen (secondary N) is 1. The first kappa shape index (κ1) is 25.5. The molecule has 3 heteroatoms. The van der Waals surface area contributed by atoms with Crippen molar-refractivity contribution in [2.24, 2.45) is 5.92 Å². The number of hydrogen-bond donors (Lipinski definition) is 2. The number of hydrogen-bond acceptors (Lipinski definition) is 3. The number of phenolic OH excluding ortho intramolecular Hbond substituents is 1. The van der Waals surface area contributed by atoms with Crippen LogP contribution in [0.3, 0.4) is 0 Å². The van der Waals surface area contributed by atoms with Gasteiger partial charge in [-0.1, -0.05) is 73.2 Å². The van der Waals surface area contributed by atoms with Crippen molar-refractivity contribution in [3.05, 3.63) is 130 Å². The van der Waals surface area contributed by atoms with Crippen LogP contribution in [-0.2, 0) is 12.8 Å². The molecule has 1 aliphatic rings. The SMILES string of the molecule is Cc1ccc(CC(C)CCC(=O)c2ccc3c(c2)CC/C=C(\c2ccc(O)cc2)c2ccccc2N3)cc1. The molecule has 0 aliphatic carbocycles. The Balaban J connectivity index is 1.33. The van der Waals surface area contributed by atoms with Crippen molar-refractivity contribution in [2.75, 3.05) is 5.32 Å². The number of Topliss-reactive ketones (excluding diaryl/α,β-unsaturated/α-hetero) is 1. The molecular formula is C35H35NO2. The topological polar surface area (TPSA) is 49.3 Å². The number of ketones is 1. The van der Waals surface area contributed by atoms with Crippen LogP contribution in [0.2, 0.25) is 0 Å². The molecule has 0 saturated carbocycles. The number of aromatic hydroxyl groups is 1. The Kier molecular flexibility index (Phi) is 7.74. The average molecular weight is 502 g/mol. The van der Waals surface area contributed by atoms with Crippen LogP contribution in [0.5, 0.6) is 5.75 Å². The van der Waals surface area contributed by atoms with Gasteiger partial charge in [0.25, 0.3) is 0 Å². The molecule has 1 atom stereocenters. The van der Waals surface area contributed by atoms with Gasteiger partial charge in [0.1, 0.15) is 5.75 Å². The first-order valence-corrected chi connectivity index (χ1v) is 13.5. The summed E-state index contributed by atoms with van der Waals surface area (Å²) in [4.78, 5) is 13.2. The van der Waals surface area contributed by atoms with Crippen LogP contribution in [0, 0.1) is 12.8 Å². The Bertz CT molecular complexity index is 1450. The zero-order valence-electron chi connectivity index (χ0n) is 22.2. The summed E-state index contributed by atoms with van der Waals surface area (Å²) < 4.78 is 0. The summed E-state index contributed by atoms with van der Waals surface area (Å²) in [6, 6.07) is 30.5. The van der Waals surface area contributed by atoms with Crippen molar-refractivity contribution in [1.29, 1.82) is 0 Å². The number of fused-ring (bicyclic) bond motifs is 2. The van der Waals surface area contributed by atoms with Crippen LogP contribution in [0.1, 0.15) is 64.4 Å². The molecule has 4 aromatic rings. The third-order valence-corrected chi connectivity index (χ3v) is 7.42. The van der Waals surface area contributed by atoms with E-state index in [0.29, 0.717) is 12.3 Å². The van der Waals surface area contributed by atoms with Gasteiger partial charge in [-0.05, 0) is 97.2 Å². The summed E-state index contributed by atoms with van der Waals surface area (Å²) in [5.41, 5.74) is 9.95. The highest BCUT2D eigenvalue weighted by molar-refractivity contribution is 5.97. The molecule has 38 heavy (non-hydrogen) atoms. The second kappa shape index (κ2) is 11.5. The molecule has 1 heterocycles. The fourth-order valence-corrected chi connectivity index (χ4v) is 5.21. The molecule has 0 amide bonds. The highest BCUT2D eigenvalue weighted by atomic mass is 16.3. The Morgan fingerprint density at radius 2 is 1.68 bits per heavy atom. The maximum absolute atomic E-state index is 13.2. The number of para-hydroxylation sites is 1. The van der Waals surface area contributed by atoms with Gasteiger partial charge in [0.05, 0.1) is 0 Å². The van der Waals surface area contributed by atoms with E-state index in [1.165, 1.54) is 11.1 Å². The second-order valence-electron chi connectivity index (χ2n) is 10.5. The third kappa shape index (κ3) is 6.06. The van der Waals surface area contributed by atoms with Gasteiger partial charge in [-0.2, -0.15) is 0 Å². The molecule has 2 N–H and O–H groups in total. The Morgan fingerprint density at radius 3 is 2.47 bits per heavy atom. The van der Waals surface area contributed by atoms with E-state index in [2.05, 4.69) is 79.8 Å². The van der Waals surface area contributed by atoms with E-state index >= 15 is 0 Å². The molecular weight excluding hydrogens is 466 g/mol. The van der Waals surface area contributed by atoms with Crippen LogP contribution in [0.4, 0.5) is 11.4 Å². The van der Waals surface area contributed by atoms with Gasteiger partial charge in [-0.25, -0.2) is 0 Å². The number of rotatable bonds is 7. The smallest absolute Gasteiger partial charge is 0.162 e. The minimum absolute atomic E-state index is 0.212. The minimum atomic E-state index is 0.212. The highest BCUT2D eigenvalue weighted by Crippen LogP contribution is 2.35. The molecule has 1 unspecified atom stereocenters. The first-order valence-electron chi connectivity index (χ1n) is 13.5. The fourth-order valence-electron chi connectivity index (χ4n) is 5.21. The van der Waals surface area contributed by atoms with Crippen LogP contribution in [0.15, 0.2) is 97.1 Å². The van der Waals surface area contributed by atoms with E-state index in [1.807, 2.05) is 24.3 Å². The second-order valence-corrected chi connectivity index (χ2v) is 10.5. The molecule has 0 bridgehead atoms. The van der Waals surface area contributed by atoms with Gasteiger partial charge in [0.2, 0.25) is 0 Å². The van der Waals surface area contributed by atoms with E-state index in [-0.39, 0.29) is 11.5 Å². The molecule has 192 valence electrons. The summed E-state index contributed by atoms with van der Waals surface area (Å²) >= 11 is 0. The van der Waals surface area contributed by atoms with Crippen molar-refractivity contribution in [2.45, 2.75) is 46.0 Å². The van der Waals surface area contributed by atoms with Gasteiger partial charge < -0.3 is 10.4 Å². The van der Waals surface area contributed by atoms with E-state index < -0.39 is 0 Å². The molecule has 5 rings (SSSR count). The van der Waals surface area contributed by atoms with Gasteiger partial charge in [0.15, 0.2) is 5.78 Å². The zero-order chi connectivity index (χ0) is 26.5. The summed E-state index contributed by atoms with van der Waals surface area (Å²) in [6.45, 7) is 4.34. The van der Waals surface area contributed by atoms with E-state index in [9.17, 15) is 9.90 Å². The molecule has 4 aromatic carbocycles. The maximum Gasteiger partial charge on any atom is 0.162 e. The molecule has 0 radical (unpaired) electrons. The van der Waals surface area contributed by atoms with E-state index in [0.717, 1.165) is 64.9 Å². The predicted molar refractivity (Wildman–Crippen MR) is 157 cm³/mol. The lowest BCUT2D eigenvalue weighted by atomic mass is 9.93. The predicted octanol–water partition coefficient (Wildman–Crippen LogP) is 8.66. The largest absolute Gasteiger partial charge is 0.508 e. The quantitative estimate of drug-likeness (QED) is 0.249. The van der Waals surface area contributed by atoms with E-state index in [1.54, 1.807) is 12.1 Å². The number of phenols is 1. The van der Waals surface area contributed by atoms with Gasteiger partial charge in [-0.3, -0.25) is 4.79 Å². The van der Waals surface area contributed by atoms with Crippen LogP contribution in [0.25, 0.3) is 5.57 Å². The van der Waals surface area contributed by atoms with Crippen molar-refractivity contribution in [1.82, 2.24) is 0 Å². The van der Waals surface area contributed by atoms with Crippen molar-refractivity contribution < 1.29 is 9.90 Å². The summed E-state index contributed by atoms with van der Waals surface area (Å²) in [7, 11) is 0. The minimum Gasteiger partial charge on any atom is -0.508 e. The first-order chi connectivity index (χ1) is 18.5.